The smallest absolute Gasteiger partial charge is 0.242 e. The molecular formula is C13H25N3O2S. The molecule has 6 heteroatoms. The van der Waals surface area contributed by atoms with E-state index >= 15 is 0 Å². The summed E-state index contributed by atoms with van der Waals surface area (Å²) in [5, 5.41) is 2.91. The van der Waals surface area contributed by atoms with Gasteiger partial charge < -0.3 is 16.0 Å². The minimum absolute atomic E-state index is 0.0322. The van der Waals surface area contributed by atoms with E-state index in [1.807, 2.05) is 13.2 Å². The number of hydrogen-bond acceptors (Lipinski definition) is 4. The Hall–Kier alpha value is -0.750. The molecule has 1 heterocycles. The van der Waals surface area contributed by atoms with E-state index in [0.717, 1.165) is 25.0 Å². The fourth-order valence-corrected chi connectivity index (χ4v) is 2.67. The third-order valence-corrected chi connectivity index (χ3v) is 4.12. The van der Waals surface area contributed by atoms with E-state index in [0.29, 0.717) is 19.5 Å². The summed E-state index contributed by atoms with van der Waals surface area (Å²) in [6, 6.07) is -0.802. The first-order chi connectivity index (χ1) is 9.11. The monoisotopic (exact) mass is 287 g/mol. The van der Waals surface area contributed by atoms with Crippen molar-refractivity contribution >= 4 is 23.6 Å². The summed E-state index contributed by atoms with van der Waals surface area (Å²) in [6.45, 7) is 3.21. The van der Waals surface area contributed by atoms with E-state index in [2.05, 4.69) is 5.32 Å². The summed E-state index contributed by atoms with van der Waals surface area (Å²) in [7, 11) is 0. The molecule has 1 rings (SSSR count). The van der Waals surface area contributed by atoms with Crippen molar-refractivity contribution in [3.05, 3.63) is 0 Å². The van der Waals surface area contributed by atoms with Crippen LogP contribution in [0.2, 0.25) is 0 Å². The lowest BCUT2D eigenvalue weighted by Crippen LogP contribution is -2.51. The van der Waals surface area contributed by atoms with Crippen LogP contribution in [0.25, 0.3) is 0 Å². The molecule has 0 aromatic carbocycles. The van der Waals surface area contributed by atoms with Gasteiger partial charge in [0.25, 0.3) is 0 Å². The molecule has 2 atom stereocenters. The van der Waals surface area contributed by atoms with Crippen molar-refractivity contribution in [2.75, 3.05) is 25.1 Å². The molecule has 0 saturated carbocycles. The predicted molar refractivity (Wildman–Crippen MR) is 79.0 cm³/mol. The number of carbonyl (C=O) groups is 2. The lowest BCUT2D eigenvalue weighted by atomic mass is 10.1. The molecule has 0 bridgehead atoms. The fraction of sp³-hybridized carbons (Fsp3) is 0.846. The number of thioether (sulfide) groups is 1. The van der Waals surface area contributed by atoms with Crippen LogP contribution in [0.1, 0.15) is 32.6 Å². The van der Waals surface area contributed by atoms with Gasteiger partial charge >= 0.3 is 0 Å². The summed E-state index contributed by atoms with van der Waals surface area (Å²) >= 11 is 1.77. The normalized spacial score (nSPS) is 20.4. The van der Waals surface area contributed by atoms with Gasteiger partial charge in [-0.05, 0) is 37.7 Å². The van der Waals surface area contributed by atoms with Crippen LogP contribution in [0.15, 0.2) is 0 Å². The third-order valence-electron chi connectivity index (χ3n) is 3.42. The first-order valence-electron chi connectivity index (χ1n) is 6.94. The van der Waals surface area contributed by atoms with Gasteiger partial charge in [0.1, 0.15) is 6.04 Å². The molecule has 1 aliphatic rings. The van der Waals surface area contributed by atoms with Crippen LogP contribution >= 0.6 is 11.8 Å². The van der Waals surface area contributed by atoms with Gasteiger partial charge in [-0.15, -0.1) is 0 Å². The van der Waals surface area contributed by atoms with Gasteiger partial charge in [-0.1, -0.05) is 6.92 Å². The van der Waals surface area contributed by atoms with Crippen LogP contribution in [0.3, 0.4) is 0 Å². The number of rotatable bonds is 7. The van der Waals surface area contributed by atoms with E-state index in [4.69, 9.17) is 5.73 Å². The minimum Gasteiger partial charge on any atom is -0.354 e. The van der Waals surface area contributed by atoms with Crippen molar-refractivity contribution in [3.63, 3.8) is 0 Å². The molecular weight excluding hydrogens is 262 g/mol. The zero-order valence-corrected chi connectivity index (χ0v) is 12.7. The lowest BCUT2D eigenvalue weighted by molar-refractivity contribution is -0.139. The van der Waals surface area contributed by atoms with Crippen LogP contribution in [0.5, 0.6) is 0 Å². The SMILES string of the molecule is CCC(N)C(=O)N1CCC[C@H]1C(=O)NCCCSC. The molecule has 0 aliphatic carbocycles. The molecule has 1 fully saturated rings. The van der Waals surface area contributed by atoms with Crippen LogP contribution in [-0.2, 0) is 9.59 Å². The fourth-order valence-electron chi connectivity index (χ4n) is 2.24. The Morgan fingerprint density at radius 3 is 2.89 bits per heavy atom. The quantitative estimate of drug-likeness (QED) is 0.672. The average molecular weight is 287 g/mol. The van der Waals surface area contributed by atoms with Crippen molar-refractivity contribution in [3.8, 4) is 0 Å². The molecule has 2 amide bonds. The Morgan fingerprint density at radius 1 is 1.53 bits per heavy atom. The Morgan fingerprint density at radius 2 is 2.26 bits per heavy atom. The number of nitrogens with one attached hydrogen (secondary N) is 1. The van der Waals surface area contributed by atoms with Gasteiger partial charge in [-0.3, -0.25) is 9.59 Å². The summed E-state index contributed by atoms with van der Waals surface area (Å²) < 4.78 is 0. The van der Waals surface area contributed by atoms with Gasteiger partial charge in [0.2, 0.25) is 11.8 Å². The van der Waals surface area contributed by atoms with Crippen molar-refractivity contribution in [2.24, 2.45) is 5.73 Å². The largest absolute Gasteiger partial charge is 0.354 e. The van der Waals surface area contributed by atoms with Gasteiger partial charge in [0.15, 0.2) is 0 Å². The molecule has 1 aliphatic heterocycles. The molecule has 3 N–H and O–H groups in total. The van der Waals surface area contributed by atoms with E-state index in [9.17, 15) is 9.59 Å². The molecule has 110 valence electrons. The molecule has 1 saturated heterocycles. The first-order valence-corrected chi connectivity index (χ1v) is 8.33. The molecule has 0 spiro atoms. The highest BCUT2D eigenvalue weighted by Crippen LogP contribution is 2.18. The summed E-state index contributed by atoms with van der Waals surface area (Å²) in [4.78, 5) is 25.8. The highest BCUT2D eigenvalue weighted by molar-refractivity contribution is 7.98. The summed E-state index contributed by atoms with van der Waals surface area (Å²) in [5.41, 5.74) is 5.77. The maximum Gasteiger partial charge on any atom is 0.242 e. The lowest BCUT2D eigenvalue weighted by Gasteiger charge is -2.26. The number of likely N-dealkylation sites (tertiary alicyclic amines) is 1. The number of hydrogen-bond donors (Lipinski definition) is 2. The first kappa shape index (κ1) is 16.3. The standard InChI is InChI=1S/C13H25N3O2S/c1-3-10(14)13(18)16-8-4-6-11(16)12(17)15-7-5-9-19-2/h10-11H,3-9,14H2,1-2H3,(H,15,17)/t10?,11-/m0/s1. The van der Waals surface area contributed by atoms with Crippen LogP contribution in [-0.4, -0.2) is 53.9 Å². The number of nitrogens with zero attached hydrogens (tertiary/aromatic N) is 1. The molecule has 5 nitrogen and oxygen atoms in total. The second-order valence-electron chi connectivity index (χ2n) is 4.84. The molecule has 19 heavy (non-hydrogen) atoms. The second kappa shape index (κ2) is 8.43. The predicted octanol–water partition coefficient (Wildman–Crippen LogP) is 0.584. The van der Waals surface area contributed by atoms with E-state index < -0.39 is 6.04 Å². The highest BCUT2D eigenvalue weighted by atomic mass is 32.2. The van der Waals surface area contributed by atoms with Crippen LogP contribution in [0.4, 0.5) is 0 Å². The number of nitrogens with two attached hydrogens (primary N) is 1. The zero-order valence-electron chi connectivity index (χ0n) is 11.9. The number of amides is 2. The van der Waals surface area contributed by atoms with Crippen LogP contribution < -0.4 is 11.1 Å². The van der Waals surface area contributed by atoms with E-state index in [1.54, 1.807) is 16.7 Å². The second-order valence-corrected chi connectivity index (χ2v) is 5.83. The van der Waals surface area contributed by atoms with Gasteiger partial charge in [-0.2, -0.15) is 11.8 Å². The molecule has 1 unspecified atom stereocenters. The molecule has 0 aromatic heterocycles. The van der Waals surface area contributed by atoms with Crippen molar-refractivity contribution < 1.29 is 9.59 Å². The van der Waals surface area contributed by atoms with Crippen molar-refractivity contribution in [2.45, 2.75) is 44.7 Å². The Balaban J connectivity index is 2.46. The van der Waals surface area contributed by atoms with Crippen molar-refractivity contribution in [1.82, 2.24) is 10.2 Å². The van der Waals surface area contributed by atoms with Gasteiger partial charge in [0, 0.05) is 13.1 Å². The topological polar surface area (TPSA) is 75.4 Å². The van der Waals surface area contributed by atoms with E-state index in [-0.39, 0.29) is 17.9 Å². The highest BCUT2D eigenvalue weighted by Gasteiger charge is 2.35. The Bertz CT molecular complexity index is 312. The number of carbonyl (C=O) groups excluding carboxylic acids is 2. The minimum atomic E-state index is -0.482. The maximum atomic E-state index is 12.1. The maximum absolute atomic E-state index is 12.1. The molecule has 0 radical (unpaired) electrons. The molecule has 0 aromatic rings. The van der Waals surface area contributed by atoms with Gasteiger partial charge in [-0.25, -0.2) is 0 Å². The Labute approximate surface area is 119 Å². The van der Waals surface area contributed by atoms with Crippen molar-refractivity contribution in [1.29, 1.82) is 0 Å². The van der Waals surface area contributed by atoms with Crippen LogP contribution in [0, 0.1) is 0 Å². The average Bonchev–Trinajstić information content (AvgIpc) is 2.91. The Kier molecular flexibility index (Phi) is 7.23. The third kappa shape index (κ3) is 4.69. The van der Waals surface area contributed by atoms with Gasteiger partial charge in [0.05, 0.1) is 6.04 Å². The summed E-state index contributed by atoms with van der Waals surface area (Å²) in [5.74, 6) is 0.911. The summed E-state index contributed by atoms with van der Waals surface area (Å²) in [6.07, 6.45) is 5.24. The zero-order chi connectivity index (χ0) is 14.3. The van der Waals surface area contributed by atoms with E-state index in [1.165, 1.54) is 0 Å².